The molecule has 0 aliphatic heterocycles. The Morgan fingerprint density at radius 3 is 3.17 bits per heavy atom. The third-order valence-corrected chi connectivity index (χ3v) is 1.63. The van der Waals surface area contributed by atoms with Crippen LogP contribution >= 0.6 is 0 Å². The number of furan rings is 1. The van der Waals surface area contributed by atoms with E-state index in [1.807, 2.05) is 13.0 Å². The lowest BCUT2D eigenvalue weighted by Gasteiger charge is -2.00. The van der Waals surface area contributed by atoms with E-state index in [9.17, 15) is 0 Å². The van der Waals surface area contributed by atoms with Gasteiger partial charge in [0, 0.05) is 6.20 Å². The van der Waals surface area contributed by atoms with Crippen molar-refractivity contribution in [1.82, 2.24) is 9.97 Å². The van der Waals surface area contributed by atoms with Crippen LogP contribution in [0.3, 0.4) is 0 Å². The molecular weight excluding hydrogens is 154 g/mol. The largest absolute Gasteiger partial charge is 0.446 e. The van der Waals surface area contributed by atoms with E-state index >= 15 is 0 Å². The first kappa shape index (κ1) is 7.24. The minimum absolute atomic E-state index is 0.153. The van der Waals surface area contributed by atoms with E-state index in [1.54, 1.807) is 12.5 Å². The van der Waals surface area contributed by atoms with Gasteiger partial charge in [0.25, 0.3) is 0 Å². The maximum absolute atomic E-state index is 5.61. The maximum Gasteiger partial charge on any atom is 0.229 e. The Bertz CT molecular complexity index is 394. The first-order valence-electron chi connectivity index (χ1n) is 3.73. The highest BCUT2D eigenvalue weighted by molar-refractivity contribution is 5.71. The molecule has 1 atom stereocenters. The van der Waals surface area contributed by atoms with Crippen LogP contribution in [0.4, 0.5) is 0 Å². The van der Waals surface area contributed by atoms with Crippen LogP contribution in [0.1, 0.15) is 18.8 Å². The first-order chi connectivity index (χ1) is 5.77. The number of hydrogen-bond acceptors (Lipinski definition) is 4. The Morgan fingerprint density at radius 1 is 1.58 bits per heavy atom. The zero-order valence-electron chi connectivity index (χ0n) is 6.69. The lowest BCUT2D eigenvalue weighted by atomic mass is 10.3. The Balaban J connectivity index is 2.60. The van der Waals surface area contributed by atoms with Crippen molar-refractivity contribution in [2.45, 2.75) is 13.0 Å². The molecule has 0 fully saturated rings. The number of nitrogens with two attached hydrogens (primary N) is 1. The molecule has 0 amide bonds. The molecule has 12 heavy (non-hydrogen) atoms. The van der Waals surface area contributed by atoms with Crippen molar-refractivity contribution in [3.8, 4) is 0 Å². The van der Waals surface area contributed by atoms with Crippen LogP contribution in [0.15, 0.2) is 22.9 Å². The molecule has 0 saturated heterocycles. The third-order valence-electron chi connectivity index (χ3n) is 1.63. The molecule has 4 nitrogen and oxygen atoms in total. The monoisotopic (exact) mass is 163 g/mol. The number of hydrogen-bond donors (Lipinski definition) is 1. The highest BCUT2D eigenvalue weighted by Crippen LogP contribution is 2.13. The zero-order valence-corrected chi connectivity index (χ0v) is 6.69. The zero-order chi connectivity index (χ0) is 8.55. The molecule has 1 unspecified atom stereocenters. The fourth-order valence-electron chi connectivity index (χ4n) is 0.988. The average molecular weight is 163 g/mol. The van der Waals surface area contributed by atoms with Gasteiger partial charge >= 0.3 is 0 Å². The summed E-state index contributed by atoms with van der Waals surface area (Å²) in [5.74, 6) is 0.609. The van der Waals surface area contributed by atoms with E-state index in [2.05, 4.69) is 9.97 Å². The fraction of sp³-hybridized carbons (Fsp3) is 0.250. The summed E-state index contributed by atoms with van der Waals surface area (Å²) in [4.78, 5) is 8.21. The lowest BCUT2D eigenvalue weighted by molar-refractivity contribution is 0.595. The predicted molar refractivity (Wildman–Crippen MR) is 44.4 cm³/mol. The van der Waals surface area contributed by atoms with Gasteiger partial charge in [-0.2, -0.15) is 4.98 Å². The summed E-state index contributed by atoms with van der Waals surface area (Å²) in [6.07, 6.45) is 3.30. The highest BCUT2D eigenvalue weighted by Gasteiger charge is 2.05. The van der Waals surface area contributed by atoms with Crippen LogP contribution in [0, 0.1) is 0 Å². The fourth-order valence-corrected chi connectivity index (χ4v) is 0.988. The van der Waals surface area contributed by atoms with Crippen molar-refractivity contribution in [1.29, 1.82) is 0 Å². The van der Waals surface area contributed by atoms with Crippen LogP contribution in [0.5, 0.6) is 0 Å². The van der Waals surface area contributed by atoms with Crippen molar-refractivity contribution < 1.29 is 4.42 Å². The van der Waals surface area contributed by atoms with Gasteiger partial charge in [0.1, 0.15) is 5.82 Å². The van der Waals surface area contributed by atoms with Gasteiger partial charge in [-0.25, -0.2) is 4.98 Å². The summed E-state index contributed by atoms with van der Waals surface area (Å²) in [7, 11) is 0. The Labute approximate surface area is 69.4 Å². The van der Waals surface area contributed by atoms with E-state index in [0.717, 1.165) is 5.39 Å². The normalized spacial score (nSPS) is 13.5. The second kappa shape index (κ2) is 2.57. The van der Waals surface area contributed by atoms with Gasteiger partial charge in [-0.15, -0.1) is 0 Å². The second-order valence-electron chi connectivity index (χ2n) is 2.70. The van der Waals surface area contributed by atoms with Gasteiger partial charge in [-0.3, -0.25) is 0 Å². The molecule has 62 valence electrons. The maximum atomic E-state index is 5.61. The standard InChI is InChI=1S/C8H9N3O/c1-5(9)7-10-4-6-2-3-12-8(6)11-7/h2-5H,9H2,1H3. The van der Waals surface area contributed by atoms with Gasteiger partial charge < -0.3 is 10.2 Å². The number of rotatable bonds is 1. The second-order valence-corrected chi connectivity index (χ2v) is 2.70. The molecule has 0 aliphatic rings. The quantitative estimate of drug-likeness (QED) is 0.686. The van der Waals surface area contributed by atoms with Gasteiger partial charge in [-0.1, -0.05) is 0 Å². The predicted octanol–water partition coefficient (Wildman–Crippen LogP) is 1.24. The van der Waals surface area contributed by atoms with Gasteiger partial charge in [0.2, 0.25) is 5.71 Å². The molecule has 0 saturated carbocycles. The topological polar surface area (TPSA) is 64.9 Å². The van der Waals surface area contributed by atoms with Crippen LogP contribution in [-0.2, 0) is 0 Å². The van der Waals surface area contributed by atoms with Gasteiger partial charge in [0.05, 0.1) is 17.7 Å². The van der Waals surface area contributed by atoms with Crippen LogP contribution < -0.4 is 5.73 Å². The van der Waals surface area contributed by atoms with E-state index in [1.165, 1.54) is 0 Å². The number of fused-ring (bicyclic) bond motifs is 1. The third kappa shape index (κ3) is 1.06. The molecule has 0 aliphatic carbocycles. The van der Waals surface area contributed by atoms with E-state index in [4.69, 9.17) is 10.2 Å². The minimum atomic E-state index is -0.153. The minimum Gasteiger partial charge on any atom is -0.446 e. The van der Waals surface area contributed by atoms with E-state index in [-0.39, 0.29) is 6.04 Å². The molecule has 2 heterocycles. The van der Waals surface area contributed by atoms with Crippen LogP contribution in [-0.4, -0.2) is 9.97 Å². The molecular formula is C8H9N3O. The van der Waals surface area contributed by atoms with E-state index < -0.39 is 0 Å². The smallest absolute Gasteiger partial charge is 0.229 e. The van der Waals surface area contributed by atoms with Gasteiger partial charge in [-0.05, 0) is 13.0 Å². The Hall–Kier alpha value is -1.42. The molecule has 0 aromatic carbocycles. The Morgan fingerprint density at radius 2 is 2.42 bits per heavy atom. The lowest BCUT2D eigenvalue weighted by Crippen LogP contribution is -2.09. The molecule has 0 radical (unpaired) electrons. The molecule has 0 spiro atoms. The van der Waals surface area contributed by atoms with E-state index in [0.29, 0.717) is 11.5 Å². The van der Waals surface area contributed by atoms with Crippen molar-refractivity contribution in [2.24, 2.45) is 5.73 Å². The molecule has 2 aromatic rings. The first-order valence-corrected chi connectivity index (χ1v) is 3.73. The summed E-state index contributed by atoms with van der Waals surface area (Å²) in [5.41, 5.74) is 6.20. The van der Waals surface area contributed by atoms with Crippen molar-refractivity contribution in [3.63, 3.8) is 0 Å². The summed E-state index contributed by atoms with van der Waals surface area (Å²) in [6.45, 7) is 1.84. The average Bonchev–Trinajstić information content (AvgIpc) is 2.49. The molecule has 2 aromatic heterocycles. The highest BCUT2D eigenvalue weighted by atomic mass is 16.3. The SMILES string of the molecule is CC(N)c1ncc2ccoc2n1. The Kier molecular flexibility index (Phi) is 1.55. The number of nitrogens with zero attached hydrogens (tertiary/aromatic N) is 2. The van der Waals surface area contributed by atoms with Crippen LogP contribution in [0.2, 0.25) is 0 Å². The molecule has 2 rings (SSSR count). The number of aromatic nitrogens is 2. The summed E-state index contributed by atoms with van der Waals surface area (Å²) >= 11 is 0. The van der Waals surface area contributed by atoms with Crippen LogP contribution in [0.25, 0.3) is 11.1 Å². The molecule has 0 bridgehead atoms. The molecule has 4 heteroatoms. The summed E-state index contributed by atoms with van der Waals surface area (Å²) in [6, 6.07) is 1.67. The van der Waals surface area contributed by atoms with Crippen molar-refractivity contribution in [3.05, 3.63) is 24.4 Å². The summed E-state index contributed by atoms with van der Waals surface area (Å²) in [5, 5.41) is 0.902. The van der Waals surface area contributed by atoms with Gasteiger partial charge in [0.15, 0.2) is 0 Å². The van der Waals surface area contributed by atoms with Crippen molar-refractivity contribution in [2.75, 3.05) is 0 Å². The summed E-state index contributed by atoms with van der Waals surface area (Å²) < 4.78 is 5.10. The molecule has 2 N–H and O–H groups in total. The van der Waals surface area contributed by atoms with Crippen molar-refractivity contribution >= 4 is 11.1 Å².